The molecule has 0 spiro atoms. The van der Waals surface area contributed by atoms with E-state index in [9.17, 15) is 14.4 Å². The zero-order chi connectivity index (χ0) is 21.0. The lowest BCUT2D eigenvalue weighted by atomic mass is 10.2. The number of amides is 2. The first-order chi connectivity index (χ1) is 13.9. The molecule has 2 aromatic rings. The number of allylic oxidation sites excluding steroid dienone is 1. The standard InChI is InChI=1S/C19H19ClN4O4S/c1-3-7-24-16(25)12-6-5-11(20)8-14(12)23-19(24)29-10-15-13(17(26)28-4-2)9-21-18(27)22-15/h3,5-6,8H,1,4,7,9-10H2,2H3,(H2,21,22,27). The van der Waals surface area contributed by atoms with Gasteiger partial charge in [-0.05, 0) is 25.1 Å². The summed E-state index contributed by atoms with van der Waals surface area (Å²) in [6.07, 6.45) is 1.60. The molecule has 0 saturated heterocycles. The van der Waals surface area contributed by atoms with Crippen LogP contribution in [0.5, 0.6) is 0 Å². The molecule has 2 amide bonds. The van der Waals surface area contributed by atoms with E-state index in [0.29, 0.717) is 32.4 Å². The zero-order valence-electron chi connectivity index (χ0n) is 15.7. The van der Waals surface area contributed by atoms with Gasteiger partial charge in [-0.25, -0.2) is 14.6 Å². The van der Waals surface area contributed by atoms with Crippen LogP contribution in [0.2, 0.25) is 5.02 Å². The van der Waals surface area contributed by atoms with Crippen LogP contribution in [0.4, 0.5) is 4.79 Å². The molecule has 2 heterocycles. The molecule has 152 valence electrons. The summed E-state index contributed by atoms with van der Waals surface area (Å²) in [4.78, 5) is 41.3. The van der Waals surface area contributed by atoms with Crippen molar-refractivity contribution in [1.29, 1.82) is 0 Å². The Balaban J connectivity index is 1.98. The molecule has 0 unspecified atom stereocenters. The van der Waals surface area contributed by atoms with Gasteiger partial charge in [-0.15, -0.1) is 6.58 Å². The quantitative estimate of drug-likeness (QED) is 0.300. The van der Waals surface area contributed by atoms with E-state index in [1.807, 2.05) is 0 Å². The van der Waals surface area contributed by atoms with Crippen LogP contribution in [-0.4, -0.2) is 40.5 Å². The highest BCUT2D eigenvalue weighted by Crippen LogP contribution is 2.23. The Kier molecular flexibility index (Phi) is 6.60. The van der Waals surface area contributed by atoms with Gasteiger partial charge in [-0.1, -0.05) is 29.4 Å². The Hall–Kier alpha value is -2.78. The van der Waals surface area contributed by atoms with Gasteiger partial charge < -0.3 is 15.4 Å². The molecule has 1 aromatic heterocycles. The first kappa shape index (κ1) is 20.9. The Morgan fingerprint density at radius 2 is 2.24 bits per heavy atom. The fraction of sp³-hybridized carbons (Fsp3) is 0.263. The summed E-state index contributed by atoms with van der Waals surface area (Å²) < 4.78 is 6.54. The maximum absolute atomic E-state index is 12.9. The Morgan fingerprint density at radius 3 is 2.97 bits per heavy atom. The van der Waals surface area contributed by atoms with Crippen molar-refractivity contribution in [2.75, 3.05) is 18.9 Å². The Labute approximate surface area is 176 Å². The zero-order valence-corrected chi connectivity index (χ0v) is 17.2. The number of carbonyl (C=O) groups is 2. The molecule has 1 aliphatic rings. The fourth-order valence-electron chi connectivity index (χ4n) is 2.78. The average molecular weight is 435 g/mol. The SMILES string of the molecule is C=CCn1c(SCC2=C(C(=O)OCC)CNC(=O)N2)nc2cc(Cl)ccc2c1=O. The minimum absolute atomic E-state index is 0.0702. The van der Waals surface area contributed by atoms with Crippen LogP contribution in [0.15, 0.2) is 52.1 Å². The smallest absolute Gasteiger partial charge is 0.337 e. The third kappa shape index (κ3) is 4.63. The number of hydrogen-bond donors (Lipinski definition) is 2. The number of rotatable bonds is 7. The number of fused-ring (bicyclic) bond motifs is 1. The van der Waals surface area contributed by atoms with Gasteiger partial charge >= 0.3 is 12.0 Å². The van der Waals surface area contributed by atoms with Gasteiger partial charge in [0.05, 0.1) is 29.6 Å². The van der Waals surface area contributed by atoms with E-state index in [2.05, 4.69) is 22.2 Å². The van der Waals surface area contributed by atoms with Crippen molar-refractivity contribution in [2.24, 2.45) is 0 Å². The van der Waals surface area contributed by atoms with Gasteiger partial charge in [-0.3, -0.25) is 9.36 Å². The molecule has 0 aliphatic carbocycles. The second kappa shape index (κ2) is 9.15. The van der Waals surface area contributed by atoms with E-state index in [0.717, 1.165) is 0 Å². The Morgan fingerprint density at radius 1 is 1.45 bits per heavy atom. The van der Waals surface area contributed by atoms with E-state index < -0.39 is 12.0 Å². The lowest BCUT2D eigenvalue weighted by Crippen LogP contribution is -2.44. The van der Waals surface area contributed by atoms with Gasteiger partial charge in [0.25, 0.3) is 5.56 Å². The molecule has 1 aliphatic heterocycles. The summed E-state index contributed by atoms with van der Waals surface area (Å²) in [5.74, 6) is -0.283. The molecule has 8 nitrogen and oxygen atoms in total. The second-order valence-electron chi connectivity index (χ2n) is 6.03. The highest BCUT2D eigenvalue weighted by molar-refractivity contribution is 7.99. The van der Waals surface area contributed by atoms with Crippen LogP contribution < -0.4 is 16.2 Å². The van der Waals surface area contributed by atoms with Gasteiger partial charge in [0.15, 0.2) is 5.16 Å². The number of nitrogens with zero attached hydrogens (tertiary/aromatic N) is 2. The van der Waals surface area contributed by atoms with Crippen molar-refractivity contribution in [2.45, 2.75) is 18.6 Å². The van der Waals surface area contributed by atoms with Crippen molar-refractivity contribution >= 4 is 46.3 Å². The predicted molar refractivity (Wildman–Crippen MR) is 112 cm³/mol. The number of thioether (sulfide) groups is 1. The molecular formula is C19H19ClN4O4S. The number of benzene rings is 1. The summed E-state index contributed by atoms with van der Waals surface area (Å²) in [7, 11) is 0. The highest BCUT2D eigenvalue weighted by atomic mass is 35.5. The summed E-state index contributed by atoms with van der Waals surface area (Å²) in [5.41, 5.74) is 1.01. The first-order valence-corrected chi connectivity index (χ1v) is 10.2. The van der Waals surface area contributed by atoms with Crippen molar-refractivity contribution < 1.29 is 14.3 Å². The van der Waals surface area contributed by atoms with Crippen molar-refractivity contribution in [3.63, 3.8) is 0 Å². The number of nitrogens with one attached hydrogen (secondary N) is 2. The minimum atomic E-state index is -0.502. The van der Waals surface area contributed by atoms with E-state index in [-0.39, 0.29) is 31.0 Å². The lowest BCUT2D eigenvalue weighted by molar-refractivity contribution is -0.138. The number of aromatic nitrogens is 2. The Bertz CT molecular complexity index is 1080. The molecular weight excluding hydrogens is 416 g/mol. The first-order valence-electron chi connectivity index (χ1n) is 8.82. The van der Waals surface area contributed by atoms with E-state index >= 15 is 0 Å². The molecule has 0 fully saturated rings. The third-order valence-electron chi connectivity index (χ3n) is 4.12. The van der Waals surface area contributed by atoms with E-state index in [4.69, 9.17) is 16.3 Å². The molecule has 2 N–H and O–H groups in total. The van der Waals surface area contributed by atoms with Crippen LogP contribution in [-0.2, 0) is 16.1 Å². The number of urea groups is 1. The highest BCUT2D eigenvalue weighted by Gasteiger charge is 2.24. The lowest BCUT2D eigenvalue weighted by Gasteiger charge is -2.21. The number of esters is 1. The number of hydrogen-bond acceptors (Lipinski definition) is 6. The predicted octanol–water partition coefficient (Wildman–Crippen LogP) is 2.46. The maximum atomic E-state index is 12.9. The van der Waals surface area contributed by atoms with Crippen LogP contribution >= 0.6 is 23.4 Å². The molecule has 0 atom stereocenters. The third-order valence-corrected chi connectivity index (χ3v) is 5.35. The van der Waals surface area contributed by atoms with Gasteiger partial charge in [0.2, 0.25) is 0 Å². The summed E-state index contributed by atoms with van der Waals surface area (Å²) >= 11 is 7.26. The van der Waals surface area contributed by atoms with Crippen molar-refractivity contribution in [3.8, 4) is 0 Å². The summed E-state index contributed by atoms with van der Waals surface area (Å²) in [6, 6.07) is 4.49. The second-order valence-corrected chi connectivity index (χ2v) is 7.41. The maximum Gasteiger partial charge on any atom is 0.337 e. The van der Waals surface area contributed by atoms with Gasteiger partial charge in [0, 0.05) is 23.0 Å². The molecule has 0 saturated carbocycles. The van der Waals surface area contributed by atoms with E-state index in [1.54, 1.807) is 31.2 Å². The van der Waals surface area contributed by atoms with Gasteiger partial charge in [-0.2, -0.15) is 0 Å². The summed E-state index contributed by atoms with van der Waals surface area (Å²) in [5, 5.41) is 6.54. The molecule has 10 heteroatoms. The average Bonchev–Trinajstić information content (AvgIpc) is 2.69. The van der Waals surface area contributed by atoms with E-state index in [1.165, 1.54) is 16.3 Å². The molecule has 1 aromatic carbocycles. The summed E-state index contributed by atoms with van der Waals surface area (Å²) in [6.45, 7) is 5.97. The normalized spacial score (nSPS) is 13.8. The monoisotopic (exact) mass is 434 g/mol. The van der Waals surface area contributed by atoms with Crippen LogP contribution in [0.1, 0.15) is 6.92 Å². The largest absolute Gasteiger partial charge is 0.463 e. The molecule has 0 radical (unpaired) electrons. The van der Waals surface area contributed by atoms with Crippen LogP contribution in [0, 0.1) is 0 Å². The topological polar surface area (TPSA) is 102 Å². The van der Waals surface area contributed by atoms with Crippen molar-refractivity contribution in [3.05, 3.63) is 57.5 Å². The molecule has 0 bridgehead atoms. The van der Waals surface area contributed by atoms with Gasteiger partial charge in [0.1, 0.15) is 0 Å². The molecule has 3 rings (SSSR count). The minimum Gasteiger partial charge on any atom is -0.463 e. The number of halogens is 1. The van der Waals surface area contributed by atoms with Crippen LogP contribution in [0.25, 0.3) is 10.9 Å². The fourth-order valence-corrected chi connectivity index (χ4v) is 3.94. The van der Waals surface area contributed by atoms with Crippen molar-refractivity contribution in [1.82, 2.24) is 20.2 Å². The number of carbonyl (C=O) groups excluding carboxylic acids is 2. The number of ether oxygens (including phenoxy) is 1. The molecule has 29 heavy (non-hydrogen) atoms. The van der Waals surface area contributed by atoms with Crippen LogP contribution in [0.3, 0.4) is 0 Å².